The number of rotatable bonds is 6. The highest BCUT2D eigenvalue weighted by Crippen LogP contribution is 2.35. The number of benzene rings is 2. The summed E-state index contributed by atoms with van der Waals surface area (Å²) in [6, 6.07) is 17.2. The number of para-hydroxylation sites is 2. The van der Waals surface area contributed by atoms with Crippen molar-refractivity contribution in [2.45, 2.75) is 71.9 Å². The molecule has 0 amide bonds. The number of fused-ring (bicyclic) bond motifs is 1. The Labute approximate surface area is 239 Å². The molecule has 2 heterocycles. The maximum absolute atomic E-state index is 13.4. The Balaban J connectivity index is 0.00000320. The van der Waals surface area contributed by atoms with Gasteiger partial charge in [0.25, 0.3) is 5.82 Å². The zero-order chi connectivity index (χ0) is 25.2. The fourth-order valence-corrected chi connectivity index (χ4v) is 6.45. The monoisotopic (exact) mass is 615 g/mol. The van der Waals surface area contributed by atoms with Crippen LogP contribution in [0, 0.1) is 17.8 Å². The van der Waals surface area contributed by atoms with E-state index in [0.717, 1.165) is 48.4 Å². The minimum Gasteiger partial charge on any atom is -1.00 e. The van der Waals surface area contributed by atoms with Crippen molar-refractivity contribution in [2.24, 2.45) is 24.8 Å². The van der Waals surface area contributed by atoms with E-state index in [-0.39, 0.29) is 42.6 Å². The van der Waals surface area contributed by atoms with Gasteiger partial charge in [0.05, 0.1) is 12.6 Å². The summed E-state index contributed by atoms with van der Waals surface area (Å²) in [6.45, 7) is 9.29. The number of ether oxygens (including phenoxy) is 1. The first-order chi connectivity index (χ1) is 17.4. The molecule has 0 N–H and O–H groups in total. The summed E-state index contributed by atoms with van der Waals surface area (Å²) in [5.74, 6) is 2.49. The highest BCUT2D eigenvalue weighted by atomic mass is 127. The van der Waals surface area contributed by atoms with Crippen LogP contribution in [0.2, 0.25) is 0 Å². The second-order valence-corrected chi connectivity index (χ2v) is 11.4. The van der Waals surface area contributed by atoms with Gasteiger partial charge in [-0.15, -0.1) is 0 Å². The quantitative estimate of drug-likeness (QED) is 0.243. The van der Waals surface area contributed by atoms with Crippen LogP contribution >= 0.6 is 0 Å². The molecule has 1 saturated carbocycles. The summed E-state index contributed by atoms with van der Waals surface area (Å²) >= 11 is 0. The molecule has 5 nitrogen and oxygen atoms in total. The fourth-order valence-electron chi connectivity index (χ4n) is 6.45. The number of anilines is 1. The van der Waals surface area contributed by atoms with Crippen molar-refractivity contribution < 1.29 is 38.1 Å². The third kappa shape index (κ3) is 5.99. The second kappa shape index (κ2) is 12.2. The van der Waals surface area contributed by atoms with Crippen LogP contribution in [0.15, 0.2) is 48.5 Å². The van der Waals surface area contributed by atoms with E-state index in [2.05, 4.69) is 84.3 Å². The van der Waals surface area contributed by atoms with Gasteiger partial charge in [0.15, 0.2) is 17.6 Å². The van der Waals surface area contributed by atoms with Gasteiger partial charge in [-0.3, -0.25) is 0 Å². The van der Waals surface area contributed by atoms with Crippen molar-refractivity contribution in [3.8, 4) is 11.4 Å². The van der Waals surface area contributed by atoms with Crippen molar-refractivity contribution in [3.05, 3.63) is 48.5 Å². The maximum atomic E-state index is 13.4. The van der Waals surface area contributed by atoms with Crippen molar-refractivity contribution >= 4 is 22.7 Å². The molecule has 2 aromatic carbocycles. The van der Waals surface area contributed by atoms with Crippen molar-refractivity contribution in [3.63, 3.8) is 0 Å². The van der Waals surface area contributed by atoms with E-state index in [1.54, 1.807) is 0 Å². The van der Waals surface area contributed by atoms with Crippen LogP contribution in [-0.4, -0.2) is 29.7 Å². The van der Waals surface area contributed by atoms with Gasteiger partial charge in [0, 0.05) is 18.8 Å². The number of nitrogens with zero attached hydrogens (tertiary/aromatic N) is 3. The Morgan fingerprint density at radius 3 is 2.43 bits per heavy atom. The third-order valence-corrected chi connectivity index (χ3v) is 8.49. The van der Waals surface area contributed by atoms with Crippen LogP contribution in [0.3, 0.4) is 0 Å². The van der Waals surface area contributed by atoms with E-state index in [1.165, 1.54) is 31.4 Å². The molecular weight excluding hydrogens is 573 g/mol. The average molecular weight is 616 g/mol. The molecule has 1 unspecified atom stereocenters. The number of hydrogen-bond acceptors (Lipinski definition) is 3. The Morgan fingerprint density at radius 2 is 1.73 bits per heavy atom. The summed E-state index contributed by atoms with van der Waals surface area (Å²) < 4.78 is 10.6. The number of carbonyl (C=O) groups is 1. The lowest BCUT2D eigenvalue weighted by Crippen LogP contribution is -3.00. The molecule has 3 aromatic rings. The van der Waals surface area contributed by atoms with Gasteiger partial charge in [-0.1, -0.05) is 39.3 Å². The normalized spacial score (nSPS) is 22.2. The molecule has 2 aliphatic rings. The molecule has 1 aliphatic heterocycles. The number of carbonyl (C=O) groups excluding carboxylic acids is 1. The molecule has 6 heteroatoms. The smallest absolute Gasteiger partial charge is 0.348 e. The molecule has 0 bridgehead atoms. The fraction of sp³-hybridized carbons (Fsp3) is 0.548. The number of esters is 1. The average Bonchev–Trinajstić information content (AvgIpc) is 3.16. The Hall–Kier alpha value is -2.09. The maximum Gasteiger partial charge on any atom is 0.348 e. The van der Waals surface area contributed by atoms with Crippen molar-refractivity contribution in [1.82, 2.24) is 4.57 Å². The SMILES string of the molecule is CC(C)[C@@H]1CC[C@@H](C)CC1OC(=O)Cn1c(-c2ccc(N3CCCCC3)cc2)[n+](C)c2ccccc21.[I-]. The molecule has 200 valence electrons. The highest BCUT2D eigenvalue weighted by Gasteiger charge is 2.34. The van der Waals surface area contributed by atoms with Crippen LogP contribution in [0.5, 0.6) is 0 Å². The lowest BCUT2D eigenvalue weighted by atomic mass is 9.75. The predicted octanol–water partition coefficient (Wildman–Crippen LogP) is 3.13. The van der Waals surface area contributed by atoms with E-state index in [4.69, 9.17) is 4.74 Å². The third-order valence-electron chi connectivity index (χ3n) is 8.49. The van der Waals surface area contributed by atoms with Crippen LogP contribution in [-0.2, 0) is 23.1 Å². The molecule has 2 fully saturated rings. The summed E-state index contributed by atoms with van der Waals surface area (Å²) in [7, 11) is 2.09. The Kier molecular flexibility index (Phi) is 9.20. The number of aryl methyl sites for hydroxylation is 1. The van der Waals surface area contributed by atoms with Gasteiger partial charge in [-0.25, -0.2) is 13.9 Å². The lowest BCUT2D eigenvalue weighted by molar-refractivity contribution is -0.634. The van der Waals surface area contributed by atoms with E-state index >= 15 is 0 Å². The summed E-state index contributed by atoms with van der Waals surface area (Å²) in [6.07, 6.45) is 7.23. The molecule has 0 spiro atoms. The van der Waals surface area contributed by atoms with E-state index in [0.29, 0.717) is 17.8 Å². The first-order valence-electron chi connectivity index (χ1n) is 13.9. The zero-order valence-electron chi connectivity index (χ0n) is 22.8. The van der Waals surface area contributed by atoms with Crippen molar-refractivity contribution in [2.75, 3.05) is 18.0 Å². The van der Waals surface area contributed by atoms with Gasteiger partial charge in [-0.05, 0) is 86.3 Å². The van der Waals surface area contributed by atoms with Gasteiger partial charge in [0.1, 0.15) is 6.10 Å². The molecule has 0 radical (unpaired) electrons. The van der Waals surface area contributed by atoms with Crippen LogP contribution in [0.25, 0.3) is 22.4 Å². The number of aromatic nitrogens is 2. The first kappa shape index (κ1) is 27.9. The van der Waals surface area contributed by atoms with Gasteiger partial charge < -0.3 is 33.6 Å². The van der Waals surface area contributed by atoms with Crippen LogP contribution in [0.4, 0.5) is 5.69 Å². The topological polar surface area (TPSA) is 38.4 Å². The van der Waals surface area contributed by atoms with E-state index in [1.807, 2.05) is 6.07 Å². The summed E-state index contributed by atoms with van der Waals surface area (Å²) in [5, 5.41) is 0. The molecular formula is C31H42IN3O2. The van der Waals surface area contributed by atoms with Crippen molar-refractivity contribution in [1.29, 1.82) is 0 Å². The van der Waals surface area contributed by atoms with Crippen LogP contribution < -0.4 is 33.4 Å². The summed E-state index contributed by atoms with van der Waals surface area (Å²) in [5.41, 5.74) is 4.58. The minimum absolute atomic E-state index is 0. The summed E-state index contributed by atoms with van der Waals surface area (Å²) in [4.78, 5) is 15.9. The number of hydrogen-bond donors (Lipinski definition) is 0. The Morgan fingerprint density at radius 1 is 1.03 bits per heavy atom. The molecule has 3 atom stereocenters. The molecule has 1 saturated heterocycles. The largest absolute Gasteiger partial charge is 1.00 e. The van der Waals surface area contributed by atoms with Gasteiger partial charge >= 0.3 is 5.97 Å². The minimum atomic E-state index is -0.132. The van der Waals surface area contributed by atoms with E-state index < -0.39 is 0 Å². The molecule has 5 rings (SSSR count). The van der Waals surface area contributed by atoms with Crippen LogP contribution in [0.1, 0.15) is 59.3 Å². The molecule has 1 aliphatic carbocycles. The lowest BCUT2D eigenvalue weighted by Gasteiger charge is -2.36. The van der Waals surface area contributed by atoms with E-state index in [9.17, 15) is 4.79 Å². The second-order valence-electron chi connectivity index (χ2n) is 11.4. The van der Waals surface area contributed by atoms with Gasteiger partial charge in [-0.2, -0.15) is 0 Å². The molecule has 37 heavy (non-hydrogen) atoms. The first-order valence-corrected chi connectivity index (χ1v) is 13.9. The molecule has 1 aromatic heterocycles. The highest BCUT2D eigenvalue weighted by molar-refractivity contribution is 5.80. The standard InChI is InChI=1S/C31H42N3O2.HI/c1-22(2)26-17-12-23(3)20-29(26)36-30(35)21-34-28-11-7-6-10-27(28)32(4)31(34)24-13-15-25(16-14-24)33-18-8-5-9-19-33;/h6-7,10-11,13-16,22-23,26,29H,5,8-9,12,17-21H2,1-4H3;1H/q+1;/p-1/t23-,26+,29?;/m1./s1. The zero-order valence-corrected chi connectivity index (χ0v) is 25.0. The number of imidazole rings is 1. The predicted molar refractivity (Wildman–Crippen MR) is 146 cm³/mol. The Bertz CT molecular complexity index is 1200. The number of halogens is 1. The van der Waals surface area contributed by atoms with Gasteiger partial charge in [0.2, 0.25) is 0 Å². The number of piperidine rings is 1.